The van der Waals surface area contributed by atoms with Crippen LogP contribution in [-0.2, 0) is 4.79 Å². The van der Waals surface area contributed by atoms with E-state index in [1.807, 2.05) is 62.4 Å². The van der Waals surface area contributed by atoms with E-state index >= 15 is 0 Å². The van der Waals surface area contributed by atoms with Gasteiger partial charge in [-0.05, 0) is 38.1 Å². The van der Waals surface area contributed by atoms with Crippen LogP contribution >= 0.6 is 0 Å². The quantitative estimate of drug-likeness (QED) is 0.610. The molecule has 1 amide bonds. The smallest absolute Gasteiger partial charge is 0.259 e. The lowest BCUT2D eigenvalue weighted by Crippen LogP contribution is -2.25. The molecule has 0 saturated carbocycles. The average molecular weight is 311 g/mol. The number of hydrogen-bond acceptors (Lipinski definition) is 4. The van der Waals surface area contributed by atoms with Crippen molar-refractivity contribution in [2.45, 2.75) is 13.8 Å². The molecular formula is C18H21N3O2. The van der Waals surface area contributed by atoms with Crippen LogP contribution in [0.4, 0.5) is 5.69 Å². The molecule has 2 aromatic rings. The largest absolute Gasteiger partial charge is 0.493 e. The van der Waals surface area contributed by atoms with E-state index in [1.54, 1.807) is 6.21 Å². The number of amides is 1. The van der Waals surface area contributed by atoms with Crippen molar-refractivity contribution < 1.29 is 9.53 Å². The number of benzene rings is 2. The Hall–Kier alpha value is -2.82. The number of carbonyl (C=O) groups excluding carboxylic acids is 1. The first-order valence-corrected chi connectivity index (χ1v) is 7.53. The maximum absolute atomic E-state index is 11.8. The molecule has 0 aliphatic carbocycles. The highest BCUT2D eigenvalue weighted by molar-refractivity contribution is 5.86. The molecule has 2 rings (SSSR count). The molecule has 2 aromatic carbocycles. The zero-order valence-corrected chi connectivity index (χ0v) is 13.4. The predicted octanol–water partition coefficient (Wildman–Crippen LogP) is 2.96. The molecule has 2 N–H and O–H groups in total. The molecule has 5 nitrogen and oxygen atoms in total. The van der Waals surface area contributed by atoms with E-state index in [1.165, 1.54) is 5.56 Å². The van der Waals surface area contributed by atoms with E-state index < -0.39 is 0 Å². The fourth-order valence-corrected chi connectivity index (χ4v) is 1.94. The van der Waals surface area contributed by atoms with Gasteiger partial charge in [-0.1, -0.05) is 29.8 Å². The number of hydrazone groups is 1. The first-order chi connectivity index (χ1) is 11.2. The number of carbonyl (C=O) groups is 1. The van der Waals surface area contributed by atoms with Gasteiger partial charge in [0.2, 0.25) is 0 Å². The van der Waals surface area contributed by atoms with E-state index in [-0.39, 0.29) is 12.5 Å². The number of rotatable bonds is 7. The van der Waals surface area contributed by atoms with Crippen LogP contribution in [0.3, 0.4) is 0 Å². The summed E-state index contributed by atoms with van der Waals surface area (Å²) in [6.07, 6.45) is 1.58. The van der Waals surface area contributed by atoms with E-state index in [4.69, 9.17) is 4.74 Å². The second-order valence-corrected chi connectivity index (χ2v) is 4.98. The summed E-state index contributed by atoms with van der Waals surface area (Å²) in [7, 11) is 0. The molecular weight excluding hydrogens is 290 g/mol. The van der Waals surface area contributed by atoms with Gasteiger partial charge in [-0.25, -0.2) is 5.43 Å². The first-order valence-electron chi connectivity index (χ1n) is 7.53. The van der Waals surface area contributed by atoms with Gasteiger partial charge in [0.05, 0.1) is 19.4 Å². The average Bonchev–Trinajstić information content (AvgIpc) is 2.56. The Morgan fingerprint density at radius 2 is 1.91 bits per heavy atom. The molecule has 0 bridgehead atoms. The monoisotopic (exact) mass is 311 g/mol. The molecule has 5 heteroatoms. The van der Waals surface area contributed by atoms with Crippen LogP contribution in [0.15, 0.2) is 53.6 Å². The van der Waals surface area contributed by atoms with Crippen LogP contribution in [0.5, 0.6) is 5.75 Å². The van der Waals surface area contributed by atoms with E-state index in [9.17, 15) is 4.79 Å². The third kappa shape index (κ3) is 5.47. The topological polar surface area (TPSA) is 62.7 Å². The maximum Gasteiger partial charge on any atom is 0.259 e. The van der Waals surface area contributed by atoms with Gasteiger partial charge in [-0.15, -0.1) is 0 Å². The van der Waals surface area contributed by atoms with E-state index in [0.717, 1.165) is 17.0 Å². The number of nitrogens with one attached hydrogen (secondary N) is 2. The Bertz CT molecular complexity index is 666. The van der Waals surface area contributed by atoms with E-state index in [0.29, 0.717) is 6.61 Å². The van der Waals surface area contributed by atoms with Gasteiger partial charge < -0.3 is 10.1 Å². The minimum Gasteiger partial charge on any atom is -0.493 e. The van der Waals surface area contributed by atoms with Crippen molar-refractivity contribution in [1.29, 1.82) is 0 Å². The Labute approximate surface area is 136 Å². The zero-order valence-electron chi connectivity index (χ0n) is 13.4. The Balaban J connectivity index is 1.83. The van der Waals surface area contributed by atoms with Crippen LogP contribution in [-0.4, -0.2) is 25.3 Å². The zero-order chi connectivity index (χ0) is 16.5. The predicted molar refractivity (Wildman–Crippen MR) is 93.0 cm³/mol. The molecule has 0 heterocycles. The molecule has 0 aromatic heterocycles. The van der Waals surface area contributed by atoms with Crippen molar-refractivity contribution in [3.8, 4) is 5.75 Å². The third-order valence-electron chi connectivity index (χ3n) is 3.12. The van der Waals surface area contributed by atoms with Crippen LogP contribution in [0.2, 0.25) is 0 Å². The van der Waals surface area contributed by atoms with Gasteiger partial charge in [-0.3, -0.25) is 4.79 Å². The number of anilines is 1. The number of nitrogens with zero attached hydrogens (tertiary/aromatic N) is 1. The fourth-order valence-electron chi connectivity index (χ4n) is 1.94. The van der Waals surface area contributed by atoms with Crippen LogP contribution < -0.4 is 15.5 Å². The Morgan fingerprint density at radius 1 is 1.17 bits per heavy atom. The van der Waals surface area contributed by atoms with Gasteiger partial charge >= 0.3 is 0 Å². The molecule has 0 aliphatic rings. The van der Waals surface area contributed by atoms with Crippen LogP contribution in [0, 0.1) is 6.92 Å². The Kier molecular flexibility index (Phi) is 6.17. The molecule has 0 spiro atoms. The molecule has 0 atom stereocenters. The molecule has 0 radical (unpaired) electrons. The molecule has 0 aliphatic heterocycles. The normalized spacial score (nSPS) is 10.5. The Morgan fingerprint density at radius 3 is 2.65 bits per heavy atom. The first kappa shape index (κ1) is 16.5. The summed E-state index contributed by atoms with van der Waals surface area (Å²) in [5, 5.41) is 7.01. The summed E-state index contributed by atoms with van der Waals surface area (Å²) in [4.78, 5) is 11.8. The van der Waals surface area contributed by atoms with Crippen molar-refractivity contribution in [3.63, 3.8) is 0 Å². The lowest BCUT2D eigenvalue weighted by atomic mass is 10.2. The highest BCUT2D eigenvalue weighted by atomic mass is 16.5. The molecule has 0 saturated heterocycles. The molecule has 120 valence electrons. The van der Waals surface area contributed by atoms with Crippen molar-refractivity contribution in [3.05, 3.63) is 59.7 Å². The van der Waals surface area contributed by atoms with E-state index in [2.05, 4.69) is 15.8 Å². The summed E-state index contributed by atoms with van der Waals surface area (Å²) in [6.45, 7) is 4.68. The molecule has 23 heavy (non-hydrogen) atoms. The van der Waals surface area contributed by atoms with Gasteiger partial charge in [0.15, 0.2) is 0 Å². The maximum atomic E-state index is 11.8. The lowest BCUT2D eigenvalue weighted by Gasteiger charge is -2.07. The number of aryl methyl sites for hydroxylation is 1. The highest BCUT2D eigenvalue weighted by Gasteiger charge is 2.01. The summed E-state index contributed by atoms with van der Waals surface area (Å²) >= 11 is 0. The van der Waals surface area contributed by atoms with Crippen LogP contribution in [0.25, 0.3) is 0 Å². The second kappa shape index (κ2) is 8.58. The van der Waals surface area contributed by atoms with Crippen molar-refractivity contribution in [2.75, 3.05) is 18.5 Å². The van der Waals surface area contributed by atoms with Gasteiger partial charge in [-0.2, -0.15) is 5.10 Å². The number of hydrogen-bond donors (Lipinski definition) is 2. The lowest BCUT2D eigenvalue weighted by molar-refractivity contribution is -0.119. The molecule has 0 unspecified atom stereocenters. The van der Waals surface area contributed by atoms with Crippen molar-refractivity contribution in [1.82, 2.24) is 5.43 Å². The second-order valence-electron chi connectivity index (χ2n) is 4.98. The van der Waals surface area contributed by atoms with Gasteiger partial charge in [0, 0.05) is 11.3 Å². The molecule has 0 fully saturated rings. The SMILES string of the molecule is CCOc1ccccc1/C=N\NC(=O)CNc1ccc(C)cc1. The van der Waals surface area contributed by atoms with Crippen LogP contribution in [0.1, 0.15) is 18.1 Å². The van der Waals surface area contributed by atoms with Gasteiger partial charge in [0.25, 0.3) is 5.91 Å². The third-order valence-corrected chi connectivity index (χ3v) is 3.12. The number of para-hydroxylation sites is 1. The summed E-state index contributed by atoms with van der Waals surface area (Å²) < 4.78 is 5.49. The standard InChI is InChI=1S/C18H21N3O2/c1-3-23-17-7-5-4-6-15(17)12-20-21-18(22)13-19-16-10-8-14(2)9-11-16/h4-12,19H,3,13H2,1-2H3,(H,21,22)/b20-12-. The number of ether oxygens (including phenoxy) is 1. The summed E-state index contributed by atoms with van der Waals surface area (Å²) in [5.74, 6) is 0.529. The minimum atomic E-state index is -0.212. The summed E-state index contributed by atoms with van der Waals surface area (Å²) in [6, 6.07) is 15.4. The highest BCUT2D eigenvalue weighted by Crippen LogP contribution is 2.15. The van der Waals surface area contributed by atoms with Gasteiger partial charge in [0.1, 0.15) is 5.75 Å². The minimum absolute atomic E-state index is 0.160. The van der Waals surface area contributed by atoms with Crippen molar-refractivity contribution >= 4 is 17.8 Å². The summed E-state index contributed by atoms with van der Waals surface area (Å²) in [5.41, 5.74) is 5.39. The fraction of sp³-hybridized carbons (Fsp3) is 0.222. The van der Waals surface area contributed by atoms with Crippen molar-refractivity contribution in [2.24, 2.45) is 5.10 Å².